The number of hydrogen-bond acceptors (Lipinski definition) is 6. The van der Waals surface area contributed by atoms with Crippen molar-refractivity contribution >= 4 is 17.5 Å². The number of ether oxygens (including phenoxy) is 2. The van der Waals surface area contributed by atoms with Crippen molar-refractivity contribution in [2.24, 2.45) is 0 Å². The van der Waals surface area contributed by atoms with Gasteiger partial charge in [-0.15, -0.1) is 0 Å². The van der Waals surface area contributed by atoms with Gasteiger partial charge in [0.25, 0.3) is 0 Å². The molecule has 0 atom stereocenters. The van der Waals surface area contributed by atoms with Gasteiger partial charge in [-0.3, -0.25) is 0 Å². The molecule has 1 aliphatic rings. The molecule has 112 valence electrons. The van der Waals surface area contributed by atoms with E-state index in [0.717, 1.165) is 45.4 Å². The third-order valence-electron chi connectivity index (χ3n) is 3.07. The number of aromatic nitrogens is 3. The first-order valence-electron chi connectivity index (χ1n) is 7.16. The first-order chi connectivity index (χ1) is 9.79. The zero-order valence-electron chi connectivity index (χ0n) is 11.8. The molecule has 20 heavy (non-hydrogen) atoms. The molecule has 1 fully saturated rings. The van der Waals surface area contributed by atoms with Crippen molar-refractivity contribution in [1.82, 2.24) is 15.0 Å². The van der Waals surface area contributed by atoms with Crippen LogP contribution in [0.4, 0.5) is 5.95 Å². The predicted molar refractivity (Wildman–Crippen MR) is 77.5 cm³/mol. The number of hydrogen-bond donors (Lipinski definition) is 0. The summed E-state index contributed by atoms with van der Waals surface area (Å²) < 4.78 is 10.9. The van der Waals surface area contributed by atoms with Crippen molar-refractivity contribution < 1.29 is 9.47 Å². The summed E-state index contributed by atoms with van der Waals surface area (Å²) in [5.74, 6) is 0.601. The maximum absolute atomic E-state index is 5.91. The van der Waals surface area contributed by atoms with Crippen LogP contribution in [-0.2, 0) is 4.74 Å². The minimum Gasteiger partial charge on any atom is -0.461 e. The van der Waals surface area contributed by atoms with Gasteiger partial charge in [-0.05, 0) is 30.9 Å². The molecule has 0 amide bonds. The highest BCUT2D eigenvalue weighted by molar-refractivity contribution is 6.28. The Kier molecular flexibility index (Phi) is 6.26. The second-order valence-corrected chi connectivity index (χ2v) is 5.03. The van der Waals surface area contributed by atoms with E-state index in [4.69, 9.17) is 21.1 Å². The van der Waals surface area contributed by atoms with Crippen molar-refractivity contribution in [3.63, 3.8) is 0 Å². The summed E-state index contributed by atoms with van der Waals surface area (Å²) in [6.07, 6.45) is 4.51. The summed E-state index contributed by atoms with van der Waals surface area (Å²) >= 11 is 5.91. The fourth-order valence-corrected chi connectivity index (χ4v) is 2.13. The third-order valence-corrected chi connectivity index (χ3v) is 3.23. The van der Waals surface area contributed by atoms with Gasteiger partial charge in [-0.2, -0.15) is 15.0 Å². The van der Waals surface area contributed by atoms with Gasteiger partial charge in [0.15, 0.2) is 0 Å². The smallest absolute Gasteiger partial charge is 0.322 e. The number of nitrogens with zero attached hydrogens (tertiary/aromatic N) is 4. The largest absolute Gasteiger partial charge is 0.461 e. The second-order valence-electron chi connectivity index (χ2n) is 4.70. The van der Waals surface area contributed by atoms with Crippen LogP contribution < -0.4 is 9.64 Å². The molecule has 0 aliphatic carbocycles. The molecule has 1 aromatic rings. The SMILES string of the molecule is CCCCOCCOc1nc(Cl)nc(N2CCCC2)n1. The van der Waals surface area contributed by atoms with Crippen LogP contribution >= 0.6 is 11.6 Å². The molecule has 0 aromatic carbocycles. The monoisotopic (exact) mass is 300 g/mol. The van der Waals surface area contributed by atoms with Gasteiger partial charge in [0.05, 0.1) is 6.61 Å². The fraction of sp³-hybridized carbons (Fsp3) is 0.769. The van der Waals surface area contributed by atoms with Crippen molar-refractivity contribution in [1.29, 1.82) is 0 Å². The molecule has 1 aliphatic heterocycles. The van der Waals surface area contributed by atoms with Crippen LogP contribution in [0.2, 0.25) is 5.28 Å². The number of halogens is 1. The summed E-state index contributed by atoms with van der Waals surface area (Å²) in [6, 6.07) is 0.269. The summed E-state index contributed by atoms with van der Waals surface area (Å²) in [5, 5.41) is 0.170. The van der Waals surface area contributed by atoms with Gasteiger partial charge < -0.3 is 14.4 Å². The number of anilines is 1. The lowest BCUT2D eigenvalue weighted by molar-refractivity contribution is 0.0947. The number of unbranched alkanes of at least 4 members (excludes halogenated alkanes) is 1. The lowest BCUT2D eigenvalue weighted by atomic mass is 10.4. The highest BCUT2D eigenvalue weighted by atomic mass is 35.5. The first-order valence-corrected chi connectivity index (χ1v) is 7.54. The van der Waals surface area contributed by atoms with Crippen LogP contribution in [0.15, 0.2) is 0 Å². The van der Waals surface area contributed by atoms with Crippen molar-refractivity contribution in [3.05, 3.63) is 5.28 Å². The molecule has 1 saturated heterocycles. The molecule has 0 spiro atoms. The van der Waals surface area contributed by atoms with Crippen LogP contribution in [0.3, 0.4) is 0 Å². The van der Waals surface area contributed by atoms with Gasteiger partial charge in [0.1, 0.15) is 6.61 Å². The van der Waals surface area contributed by atoms with Crippen molar-refractivity contribution in [2.75, 3.05) is 37.8 Å². The predicted octanol–water partition coefficient (Wildman–Crippen LogP) is 2.32. The lowest BCUT2D eigenvalue weighted by Crippen LogP contribution is -2.21. The van der Waals surface area contributed by atoms with Crippen LogP contribution in [0, 0.1) is 0 Å². The molecule has 0 radical (unpaired) electrons. The average molecular weight is 301 g/mol. The summed E-state index contributed by atoms with van der Waals surface area (Å²) in [7, 11) is 0. The van der Waals surface area contributed by atoms with Gasteiger partial charge in [-0.1, -0.05) is 13.3 Å². The first kappa shape index (κ1) is 15.3. The topological polar surface area (TPSA) is 60.4 Å². The highest BCUT2D eigenvalue weighted by Gasteiger charge is 2.17. The average Bonchev–Trinajstić information content (AvgIpc) is 2.96. The summed E-state index contributed by atoms with van der Waals surface area (Å²) in [4.78, 5) is 14.5. The van der Waals surface area contributed by atoms with Crippen LogP contribution in [-0.4, -0.2) is 47.9 Å². The Balaban J connectivity index is 1.81. The minimum absolute atomic E-state index is 0.170. The minimum atomic E-state index is 0.170. The number of rotatable bonds is 8. The molecule has 0 unspecified atom stereocenters. The molecule has 6 nitrogen and oxygen atoms in total. The van der Waals surface area contributed by atoms with E-state index in [1.165, 1.54) is 0 Å². The Morgan fingerprint density at radius 2 is 1.90 bits per heavy atom. The Bertz CT molecular complexity index is 413. The second kappa shape index (κ2) is 8.21. The zero-order chi connectivity index (χ0) is 14.2. The normalized spacial score (nSPS) is 14.8. The van der Waals surface area contributed by atoms with Gasteiger partial charge in [-0.25, -0.2) is 0 Å². The van der Waals surface area contributed by atoms with Crippen molar-refractivity contribution in [3.8, 4) is 6.01 Å². The van der Waals surface area contributed by atoms with E-state index < -0.39 is 0 Å². The van der Waals surface area contributed by atoms with Gasteiger partial charge >= 0.3 is 6.01 Å². The van der Waals surface area contributed by atoms with E-state index in [9.17, 15) is 0 Å². The molecule has 2 heterocycles. The third kappa shape index (κ3) is 4.76. The summed E-state index contributed by atoms with van der Waals surface area (Å²) in [5.41, 5.74) is 0. The van der Waals surface area contributed by atoms with E-state index in [2.05, 4.69) is 26.8 Å². The van der Waals surface area contributed by atoms with Crippen molar-refractivity contribution in [2.45, 2.75) is 32.6 Å². The van der Waals surface area contributed by atoms with Crippen LogP contribution in [0.1, 0.15) is 32.6 Å². The van der Waals surface area contributed by atoms with Crippen LogP contribution in [0.5, 0.6) is 6.01 Å². The Morgan fingerprint density at radius 3 is 2.65 bits per heavy atom. The van der Waals surface area contributed by atoms with Gasteiger partial charge in [0, 0.05) is 19.7 Å². The maximum Gasteiger partial charge on any atom is 0.322 e. The van der Waals surface area contributed by atoms with E-state index in [1.807, 2.05) is 0 Å². The quantitative estimate of drug-likeness (QED) is 0.687. The molecular formula is C13H21ClN4O2. The molecule has 7 heteroatoms. The van der Waals surface area contributed by atoms with E-state index >= 15 is 0 Å². The Labute approximate surface area is 124 Å². The highest BCUT2D eigenvalue weighted by Crippen LogP contribution is 2.19. The van der Waals surface area contributed by atoms with Gasteiger partial charge in [0.2, 0.25) is 11.2 Å². The van der Waals surface area contributed by atoms with Crippen LogP contribution in [0.25, 0.3) is 0 Å². The van der Waals surface area contributed by atoms with E-state index in [1.54, 1.807) is 0 Å². The molecule has 2 rings (SSSR count). The molecular weight excluding hydrogens is 280 g/mol. The standard InChI is InChI=1S/C13H21ClN4O2/c1-2-3-8-19-9-10-20-13-16-11(14)15-12(17-13)18-6-4-5-7-18/h2-10H2,1H3. The fourth-order valence-electron chi connectivity index (χ4n) is 1.99. The Morgan fingerprint density at radius 1 is 1.10 bits per heavy atom. The van der Waals surface area contributed by atoms with E-state index in [0.29, 0.717) is 19.2 Å². The molecule has 1 aromatic heterocycles. The maximum atomic E-state index is 5.91. The Hall–Kier alpha value is -1.14. The summed E-state index contributed by atoms with van der Waals surface area (Å²) in [6.45, 7) is 5.76. The molecule has 0 saturated carbocycles. The molecule has 0 bridgehead atoms. The van der Waals surface area contributed by atoms with E-state index in [-0.39, 0.29) is 11.3 Å². The molecule has 0 N–H and O–H groups in total. The lowest BCUT2D eigenvalue weighted by Gasteiger charge is -2.15. The zero-order valence-corrected chi connectivity index (χ0v) is 12.6.